The van der Waals surface area contributed by atoms with Gasteiger partial charge >= 0.3 is 6.18 Å². The van der Waals surface area contributed by atoms with E-state index >= 15 is 4.39 Å². The van der Waals surface area contributed by atoms with E-state index in [0.29, 0.717) is 35.0 Å². The summed E-state index contributed by atoms with van der Waals surface area (Å²) < 4.78 is 78.5. The molecule has 1 aliphatic heterocycles. The Hall–Kier alpha value is -2.89. The minimum atomic E-state index is -4.77. The molecule has 0 bridgehead atoms. The lowest BCUT2D eigenvalue weighted by Crippen LogP contribution is -2.34. The Kier molecular flexibility index (Phi) is 9.03. The topological polar surface area (TPSA) is 55.3 Å². The van der Waals surface area contributed by atoms with Crippen LogP contribution in [0.3, 0.4) is 0 Å². The lowest BCUT2D eigenvalue weighted by molar-refractivity contribution is -0.138. The van der Waals surface area contributed by atoms with Crippen molar-refractivity contribution in [1.29, 1.82) is 0 Å². The molecule has 0 saturated heterocycles. The zero-order valence-electron chi connectivity index (χ0n) is 21.8. The molecule has 1 aromatic heterocycles. The van der Waals surface area contributed by atoms with Gasteiger partial charge in [-0.3, -0.25) is 9.36 Å². The van der Waals surface area contributed by atoms with Crippen molar-refractivity contribution in [3.63, 3.8) is 0 Å². The smallest absolute Gasteiger partial charge is 0.416 e. The highest BCUT2D eigenvalue weighted by Gasteiger charge is 2.36. The Balaban J connectivity index is 1.90. The number of alkyl halides is 3. The number of ether oxygens (including phenoxy) is 1. The number of pyridine rings is 1. The van der Waals surface area contributed by atoms with E-state index in [9.17, 15) is 22.4 Å². The summed E-state index contributed by atoms with van der Waals surface area (Å²) in [6, 6.07) is 6.94. The number of benzene rings is 2. The highest BCUT2D eigenvalue weighted by atomic mass is 32.2. The third kappa shape index (κ3) is 5.85. The van der Waals surface area contributed by atoms with E-state index in [1.165, 1.54) is 35.6 Å². The fourth-order valence-corrected chi connectivity index (χ4v) is 6.33. The summed E-state index contributed by atoms with van der Waals surface area (Å²) in [6.45, 7) is 3.53. The average molecular weight is 568 g/mol. The van der Waals surface area contributed by atoms with Crippen LogP contribution in [-0.4, -0.2) is 44.1 Å². The number of rotatable bonds is 10. The van der Waals surface area contributed by atoms with Gasteiger partial charge in [-0.1, -0.05) is 18.2 Å². The van der Waals surface area contributed by atoms with Crippen molar-refractivity contribution in [1.82, 2.24) is 15.2 Å². The summed E-state index contributed by atoms with van der Waals surface area (Å²) in [5.41, 5.74) is -1.36. The van der Waals surface area contributed by atoms with E-state index in [0.717, 1.165) is 31.2 Å². The number of thioether (sulfide) groups is 1. The molecule has 0 spiro atoms. The quantitative estimate of drug-likeness (QED) is 0.248. The second-order valence-corrected chi connectivity index (χ2v) is 10.4. The van der Waals surface area contributed by atoms with Gasteiger partial charge in [0.15, 0.2) is 11.6 Å². The van der Waals surface area contributed by atoms with Crippen LogP contribution in [-0.2, 0) is 12.6 Å². The SMILES string of the molecule is CNCCCNCC1CSc2c(Cc3c(F)cccc3C(F)(F)F)c(C)c(-c3cccc(OC)c3F)c(=O)n21. The maximum absolute atomic E-state index is 15.4. The Morgan fingerprint density at radius 1 is 1.10 bits per heavy atom. The van der Waals surface area contributed by atoms with Crippen LogP contribution in [0.1, 0.15) is 34.7 Å². The van der Waals surface area contributed by atoms with Crippen molar-refractivity contribution >= 4 is 11.8 Å². The third-order valence-electron chi connectivity index (χ3n) is 6.91. The molecule has 0 fully saturated rings. The first-order valence-electron chi connectivity index (χ1n) is 12.5. The van der Waals surface area contributed by atoms with Crippen molar-refractivity contribution in [3.05, 3.63) is 80.6 Å². The van der Waals surface area contributed by atoms with Crippen molar-refractivity contribution in [2.24, 2.45) is 0 Å². The monoisotopic (exact) mass is 567 g/mol. The van der Waals surface area contributed by atoms with E-state index in [1.807, 2.05) is 7.05 Å². The van der Waals surface area contributed by atoms with Gasteiger partial charge in [0.25, 0.3) is 5.56 Å². The Morgan fingerprint density at radius 2 is 1.85 bits per heavy atom. The lowest BCUT2D eigenvalue weighted by atomic mass is 9.92. The molecule has 0 radical (unpaired) electrons. The summed E-state index contributed by atoms with van der Waals surface area (Å²) in [5, 5.41) is 6.86. The van der Waals surface area contributed by atoms with Gasteiger partial charge in [-0.05, 0) is 62.8 Å². The maximum Gasteiger partial charge on any atom is 0.416 e. The highest BCUT2D eigenvalue weighted by molar-refractivity contribution is 7.99. The molecule has 0 aliphatic carbocycles. The van der Waals surface area contributed by atoms with Crippen LogP contribution in [0.25, 0.3) is 11.1 Å². The van der Waals surface area contributed by atoms with Crippen LogP contribution in [0, 0.1) is 18.6 Å². The van der Waals surface area contributed by atoms with Gasteiger partial charge in [0, 0.05) is 29.8 Å². The molecule has 39 heavy (non-hydrogen) atoms. The molecule has 1 unspecified atom stereocenters. The number of aromatic nitrogens is 1. The summed E-state index contributed by atoms with van der Waals surface area (Å²) in [4.78, 5) is 13.9. The largest absolute Gasteiger partial charge is 0.494 e. The molecule has 2 heterocycles. The zero-order chi connectivity index (χ0) is 28.3. The van der Waals surface area contributed by atoms with Crippen LogP contribution in [0.5, 0.6) is 5.75 Å². The number of nitrogens with one attached hydrogen (secondary N) is 2. The van der Waals surface area contributed by atoms with E-state index < -0.39 is 40.9 Å². The Bertz CT molecular complexity index is 1410. The number of methoxy groups -OCH3 is 1. The second kappa shape index (κ2) is 12.1. The molecule has 1 atom stereocenters. The van der Waals surface area contributed by atoms with E-state index in [1.54, 1.807) is 13.0 Å². The first-order valence-corrected chi connectivity index (χ1v) is 13.5. The normalized spacial score (nSPS) is 15.0. The molecule has 3 aromatic rings. The first-order chi connectivity index (χ1) is 18.6. The summed E-state index contributed by atoms with van der Waals surface area (Å²) >= 11 is 1.34. The van der Waals surface area contributed by atoms with Gasteiger partial charge in [-0.15, -0.1) is 11.8 Å². The van der Waals surface area contributed by atoms with E-state index in [2.05, 4.69) is 10.6 Å². The number of halogens is 5. The molecule has 0 saturated carbocycles. The predicted molar refractivity (Wildman–Crippen MR) is 143 cm³/mol. The maximum atomic E-state index is 15.4. The molecule has 210 valence electrons. The molecule has 1 aliphatic rings. The Morgan fingerprint density at radius 3 is 2.54 bits per heavy atom. The van der Waals surface area contributed by atoms with E-state index in [4.69, 9.17) is 4.74 Å². The van der Waals surface area contributed by atoms with Crippen LogP contribution < -0.4 is 20.9 Å². The number of hydrogen-bond donors (Lipinski definition) is 2. The standard InChI is InChI=1S/C28H30F5N3O2S/c1-16-19(13-20-21(28(31,32)33)8-5-9-22(20)29)27-36(17(15-39-27)14-35-12-6-11-34-2)26(37)24(16)18-7-4-10-23(38-3)25(18)30/h4-5,7-10,17,34-35H,6,11-15H2,1-3H3. The van der Waals surface area contributed by atoms with Gasteiger partial charge in [0.2, 0.25) is 0 Å². The molecule has 2 aromatic carbocycles. The van der Waals surface area contributed by atoms with Crippen LogP contribution >= 0.6 is 11.8 Å². The molecule has 11 heteroatoms. The Labute approximate surface area is 227 Å². The summed E-state index contributed by atoms with van der Waals surface area (Å²) in [5.74, 6) is -1.31. The van der Waals surface area contributed by atoms with Crippen molar-refractivity contribution in [2.75, 3.05) is 39.5 Å². The van der Waals surface area contributed by atoms with Gasteiger partial charge < -0.3 is 15.4 Å². The third-order valence-corrected chi connectivity index (χ3v) is 8.17. The van der Waals surface area contributed by atoms with Crippen molar-refractivity contribution in [2.45, 2.75) is 37.0 Å². The highest BCUT2D eigenvalue weighted by Crippen LogP contribution is 2.42. The number of hydrogen-bond acceptors (Lipinski definition) is 5. The molecule has 4 rings (SSSR count). The minimum absolute atomic E-state index is 0.0180. The first kappa shape index (κ1) is 29.1. The van der Waals surface area contributed by atoms with Crippen LogP contribution in [0.4, 0.5) is 22.0 Å². The molecule has 0 amide bonds. The molecular formula is C28H30F5N3O2S. The van der Waals surface area contributed by atoms with Crippen molar-refractivity contribution < 1.29 is 26.7 Å². The van der Waals surface area contributed by atoms with Crippen molar-refractivity contribution in [3.8, 4) is 16.9 Å². The van der Waals surface area contributed by atoms with E-state index in [-0.39, 0.29) is 22.9 Å². The fraction of sp³-hybridized carbons (Fsp3) is 0.393. The van der Waals surface area contributed by atoms with Gasteiger partial charge in [0.05, 0.1) is 29.3 Å². The summed E-state index contributed by atoms with van der Waals surface area (Å²) in [7, 11) is 3.16. The predicted octanol–water partition coefficient (Wildman–Crippen LogP) is 5.57. The molecule has 5 nitrogen and oxygen atoms in total. The van der Waals surface area contributed by atoms with Crippen LogP contribution in [0.15, 0.2) is 46.2 Å². The zero-order valence-corrected chi connectivity index (χ0v) is 22.7. The number of nitrogens with zero attached hydrogens (tertiary/aromatic N) is 1. The van der Waals surface area contributed by atoms with Crippen LogP contribution in [0.2, 0.25) is 0 Å². The summed E-state index contributed by atoms with van der Waals surface area (Å²) in [6.07, 6.45) is -4.31. The average Bonchev–Trinajstić information content (AvgIpc) is 3.31. The second-order valence-electron chi connectivity index (χ2n) is 9.35. The minimum Gasteiger partial charge on any atom is -0.494 e. The molecule has 2 N–H and O–H groups in total. The number of fused-ring (bicyclic) bond motifs is 1. The van der Waals surface area contributed by atoms with Gasteiger partial charge in [-0.2, -0.15) is 13.2 Å². The van der Waals surface area contributed by atoms with Gasteiger partial charge in [-0.25, -0.2) is 8.78 Å². The fourth-order valence-electron chi connectivity index (χ4n) is 4.94. The molecular weight excluding hydrogens is 537 g/mol. The van der Waals surface area contributed by atoms with Gasteiger partial charge in [0.1, 0.15) is 5.82 Å². The lowest BCUT2D eigenvalue weighted by Gasteiger charge is -2.22.